The van der Waals surface area contributed by atoms with Crippen molar-refractivity contribution in [3.63, 3.8) is 0 Å². The molecule has 2 aliphatic rings. The molecule has 1 unspecified atom stereocenters. The molecule has 3 rings (SSSR count). The Kier molecular flexibility index (Phi) is 9.52. The fourth-order valence-corrected chi connectivity index (χ4v) is 4.27. The number of nitrogens with zero attached hydrogens (tertiary/aromatic N) is 1. The van der Waals surface area contributed by atoms with Crippen molar-refractivity contribution in [3.05, 3.63) is 34.9 Å². The van der Waals surface area contributed by atoms with Crippen LogP contribution in [-0.4, -0.2) is 48.3 Å². The molecule has 1 saturated carbocycles. The van der Waals surface area contributed by atoms with Crippen LogP contribution in [0.4, 0.5) is 0 Å². The first-order chi connectivity index (χ1) is 11.1. The Bertz CT molecular complexity index is 515. The maximum absolute atomic E-state index is 11.4. The van der Waals surface area contributed by atoms with Gasteiger partial charge in [-0.3, -0.25) is 0 Å². The van der Waals surface area contributed by atoms with E-state index in [9.17, 15) is 5.11 Å². The quantitative estimate of drug-likeness (QED) is 0.785. The SMILES string of the molecule is CC1CCC(O)(C(CN2CCNCC2)c2cccc(Cl)c2)CC1.Cl.Cl. The van der Waals surface area contributed by atoms with Crippen LogP contribution in [0.25, 0.3) is 0 Å². The van der Waals surface area contributed by atoms with E-state index in [1.54, 1.807) is 0 Å². The van der Waals surface area contributed by atoms with Crippen LogP contribution in [0.5, 0.6) is 0 Å². The average molecular weight is 410 g/mol. The number of nitrogens with one attached hydrogen (secondary N) is 1. The molecule has 0 amide bonds. The monoisotopic (exact) mass is 408 g/mol. The van der Waals surface area contributed by atoms with E-state index < -0.39 is 5.60 Å². The van der Waals surface area contributed by atoms with Gasteiger partial charge in [0.25, 0.3) is 0 Å². The third-order valence-corrected chi connectivity index (χ3v) is 5.93. The molecule has 0 bridgehead atoms. The summed E-state index contributed by atoms with van der Waals surface area (Å²) in [5, 5.41) is 15.6. The average Bonchev–Trinajstić information content (AvgIpc) is 2.56. The summed E-state index contributed by atoms with van der Waals surface area (Å²) in [6, 6.07) is 8.11. The van der Waals surface area contributed by atoms with E-state index in [1.165, 1.54) is 5.56 Å². The van der Waals surface area contributed by atoms with Crippen molar-refractivity contribution in [2.45, 2.75) is 44.1 Å². The standard InChI is InChI=1S/C19H29ClN2O.2ClH/c1-15-5-7-19(23,8-6-15)18(14-22-11-9-21-10-12-22)16-3-2-4-17(20)13-16;;/h2-4,13,15,18,21,23H,5-12,14H2,1H3;2*1H. The Hall–Kier alpha value is -0.0300. The Morgan fingerprint density at radius 2 is 1.88 bits per heavy atom. The molecule has 0 aromatic heterocycles. The van der Waals surface area contributed by atoms with E-state index >= 15 is 0 Å². The molecule has 1 heterocycles. The first-order valence-electron chi connectivity index (χ1n) is 8.98. The van der Waals surface area contributed by atoms with Crippen molar-refractivity contribution in [2.75, 3.05) is 32.7 Å². The van der Waals surface area contributed by atoms with Crippen LogP contribution in [0.1, 0.15) is 44.1 Å². The normalized spacial score (nSPS) is 28.5. The van der Waals surface area contributed by atoms with Crippen LogP contribution in [0, 0.1) is 5.92 Å². The van der Waals surface area contributed by atoms with Gasteiger partial charge in [-0.1, -0.05) is 30.7 Å². The summed E-state index contributed by atoms with van der Waals surface area (Å²) in [5.41, 5.74) is 0.593. The minimum Gasteiger partial charge on any atom is -0.389 e. The molecular weight excluding hydrogens is 379 g/mol. The van der Waals surface area contributed by atoms with Gasteiger partial charge in [-0.05, 0) is 49.3 Å². The molecule has 25 heavy (non-hydrogen) atoms. The Morgan fingerprint density at radius 1 is 1.24 bits per heavy atom. The molecule has 144 valence electrons. The smallest absolute Gasteiger partial charge is 0.0728 e. The predicted molar refractivity (Wildman–Crippen MR) is 111 cm³/mol. The third kappa shape index (κ3) is 5.98. The lowest BCUT2D eigenvalue weighted by molar-refractivity contribution is -0.0406. The van der Waals surface area contributed by atoms with E-state index in [2.05, 4.69) is 23.2 Å². The molecule has 1 aromatic rings. The summed E-state index contributed by atoms with van der Waals surface area (Å²) in [7, 11) is 0. The van der Waals surface area contributed by atoms with Crippen LogP contribution >= 0.6 is 36.4 Å². The van der Waals surface area contributed by atoms with Gasteiger partial charge in [0.05, 0.1) is 5.60 Å². The highest BCUT2D eigenvalue weighted by atomic mass is 35.5. The topological polar surface area (TPSA) is 35.5 Å². The molecule has 1 aliphatic heterocycles. The number of piperazine rings is 1. The first-order valence-corrected chi connectivity index (χ1v) is 9.35. The van der Waals surface area contributed by atoms with Crippen molar-refractivity contribution in [1.29, 1.82) is 0 Å². The van der Waals surface area contributed by atoms with E-state index in [0.717, 1.165) is 69.3 Å². The molecule has 6 heteroatoms. The highest BCUT2D eigenvalue weighted by Crippen LogP contribution is 2.42. The Balaban J connectivity index is 0.00000156. The van der Waals surface area contributed by atoms with Gasteiger partial charge in [-0.25, -0.2) is 0 Å². The van der Waals surface area contributed by atoms with Crippen LogP contribution < -0.4 is 5.32 Å². The van der Waals surface area contributed by atoms with E-state index in [-0.39, 0.29) is 30.7 Å². The molecule has 0 radical (unpaired) electrons. The van der Waals surface area contributed by atoms with Crippen molar-refractivity contribution >= 4 is 36.4 Å². The molecule has 2 N–H and O–H groups in total. The van der Waals surface area contributed by atoms with Crippen LogP contribution in [0.15, 0.2) is 24.3 Å². The maximum atomic E-state index is 11.4. The molecule has 1 aliphatic carbocycles. The minimum atomic E-state index is -0.595. The van der Waals surface area contributed by atoms with Crippen LogP contribution in [-0.2, 0) is 0 Å². The molecule has 2 fully saturated rings. The number of rotatable bonds is 4. The number of halogens is 3. The highest BCUT2D eigenvalue weighted by molar-refractivity contribution is 6.30. The number of hydrogen-bond acceptors (Lipinski definition) is 3. The molecule has 1 aromatic carbocycles. The van der Waals surface area contributed by atoms with Gasteiger partial charge in [0.15, 0.2) is 0 Å². The zero-order valence-corrected chi connectivity index (χ0v) is 17.3. The van der Waals surface area contributed by atoms with Crippen molar-refractivity contribution in [1.82, 2.24) is 10.2 Å². The predicted octanol–water partition coefficient (Wildman–Crippen LogP) is 4.11. The zero-order valence-electron chi connectivity index (χ0n) is 14.9. The summed E-state index contributed by atoms with van der Waals surface area (Å²) >= 11 is 6.23. The lowest BCUT2D eigenvalue weighted by Crippen LogP contribution is -2.50. The summed E-state index contributed by atoms with van der Waals surface area (Å²) < 4.78 is 0. The summed E-state index contributed by atoms with van der Waals surface area (Å²) in [6.07, 6.45) is 4.04. The van der Waals surface area contributed by atoms with Crippen LogP contribution in [0.3, 0.4) is 0 Å². The maximum Gasteiger partial charge on any atom is 0.0728 e. The van der Waals surface area contributed by atoms with Gasteiger partial charge in [0.1, 0.15) is 0 Å². The van der Waals surface area contributed by atoms with Gasteiger partial charge < -0.3 is 15.3 Å². The Morgan fingerprint density at radius 3 is 2.48 bits per heavy atom. The Labute approximate surface area is 169 Å². The number of hydrogen-bond donors (Lipinski definition) is 2. The second kappa shape index (κ2) is 10.3. The van der Waals surface area contributed by atoms with E-state index in [1.807, 2.05) is 18.2 Å². The second-order valence-electron chi connectivity index (χ2n) is 7.44. The highest BCUT2D eigenvalue weighted by Gasteiger charge is 2.41. The van der Waals surface area contributed by atoms with Gasteiger partial charge in [-0.15, -0.1) is 24.8 Å². The molecule has 3 nitrogen and oxygen atoms in total. The largest absolute Gasteiger partial charge is 0.389 e. The second-order valence-corrected chi connectivity index (χ2v) is 7.88. The van der Waals surface area contributed by atoms with Crippen LogP contribution in [0.2, 0.25) is 5.02 Å². The van der Waals surface area contributed by atoms with Crippen molar-refractivity contribution in [2.24, 2.45) is 5.92 Å². The van der Waals surface area contributed by atoms with E-state index in [4.69, 9.17) is 11.6 Å². The first kappa shape index (κ1) is 23.0. The van der Waals surface area contributed by atoms with Gasteiger partial charge in [0, 0.05) is 43.7 Å². The zero-order chi connectivity index (χ0) is 16.3. The van der Waals surface area contributed by atoms with Gasteiger partial charge in [-0.2, -0.15) is 0 Å². The summed E-state index contributed by atoms with van der Waals surface area (Å²) in [5.74, 6) is 0.876. The number of benzene rings is 1. The number of aliphatic hydroxyl groups is 1. The van der Waals surface area contributed by atoms with Crippen molar-refractivity contribution < 1.29 is 5.11 Å². The van der Waals surface area contributed by atoms with Crippen molar-refractivity contribution in [3.8, 4) is 0 Å². The fraction of sp³-hybridized carbons (Fsp3) is 0.684. The molecular formula is C19H31Cl3N2O. The lowest BCUT2D eigenvalue weighted by atomic mass is 9.70. The fourth-order valence-electron chi connectivity index (χ4n) is 4.07. The van der Waals surface area contributed by atoms with Gasteiger partial charge >= 0.3 is 0 Å². The minimum absolute atomic E-state index is 0. The lowest BCUT2D eigenvalue weighted by Gasteiger charge is -2.44. The summed E-state index contributed by atoms with van der Waals surface area (Å²) in [6.45, 7) is 7.42. The van der Waals surface area contributed by atoms with Gasteiger partial charge in [0.2, 0.25) is 0 Å². The molecule has 0 spiro atoms. The van der Waals surface area contributed by atoms with E-state index in [0.29, 0.717) is 0 Å². The molecule has 1 atom stereocenters. The molecule has 1 saturated heterocycles. The summed E-state index contributed by atoms with van der Waals surface area (Å²) in [4.78, 5) is 2.48. The third-order valence-electron chi connectivity index (χ3n) is 5.69.